The number of piperidine rings is 1. The lowest BCUT2D eigenvalue weighted by atomic mass is 10.1. The molecule has 1 aliphatic carbocycles. The van der Waals surface area contributed by atoms with Gasteiger partial charge < -0.3 is 16.0 Å². The fraction of sp³-hybridized carbons (Fsp3) is 0.222. The van der Waals surface area contributed by atoms with Gasteiger partial charge in [0.05, 0.1) is 11.2 Å². The molecule has 2 aromatic carbocycles. The Labute approximate surface area is 215 Å². The van der Waals surface area contributed by atoms with Crippen LogP contribution in [0.4, 0.5) is 14.5 Å². The Hall–Kier alpha value is -4.67. The summed E-state index contributed by atoms with van der Waals surface area (Å²) in [5, 5.41) is 7.35. The quantitative estimate of drug-likeness (QED) is 0.408. The minimum atomic E-state index is -0.818. The Morgan fingerprint density at radius 3 is 2.63 bits per heavy atom. The molecule has 1 aliphatic heterocycles. The molecule has 0 spiro atoms. The first-order valence-corrected chi connectivity index (χ1v) is 12.1. The van der Waals surface area contributed by atoms with E-state index in [0.717, 1.165) is 6.42 Å². The van der Waals surface area contributed by atoms with Crippen molar-refractivity contribution in [2.45, 2.75) is 31.5 Å². The van der Waals surface area contributed by atoms with Gasteiger partial charge in [0.25, 0.3) is 5.91 Å². The number of fused-ring (bicyclic) bond motifs is 2. The molecule has 4 aromatic rings. The molecular weight excluding hydrogens is 494 g/mol. The second kappa shape index (κ2) is 9.02. The number of hydrogen-bond acceptors (Lipinski definition) is 5. The summed E-state index contributed by atoms with van der Waals surface area (Å²) in [6.45, 7) is -0.191. The van der Waals surface area contributed by atoms with Gasteiger partial charge in [-0.05, 0) is 49.1 Å². The van der Waals surface area contributed by atoms with Gasteiger partial charge in [-0.2, -0.15) is 5.10 Å². The van der Waals surface area contributed by atoms with E-state index in [1.165, 1.54) is 46.1 Å². The smallest absolute Gasteiger partial charge is 0.269 e. The number of primary amides is 1. The highest BCUT2D eigenvalue weighted by molar-refractivity contribution is 6.04. The van der Waals surface area contributed by atoms with Crippen LogP contribution in [-0.2, 0) is 16.1 Å². The number of halogens is 2. The zero-order valence-electron chi connectivity index (χ0n) is 20.0. The number of benzene rings is 2. The van der Waals surface area contributed by atoms with Gasteiger partial charge in [-0.3, -0.25) is 24.0 Å². The normalized spacial score (nSPS) is 19.8. The molecule has 192 valence electrons. The maximum Gasteiger partial charge on any atom is 0.269 e. The van der Waals surface area contributed by atoms with Crippen molar-refractivity contribution in [2.75, 3.05) is 5.32 Å². The number of aromatic nitrogens is 3. The van der Waals surface area contributed by atoms with E-state index in [2.05, 4.69) is 15.4 Å². The van der Waals surface area contributed by atoms with E-state index in [0.29, 0.717) is 17.3 Å². The van der Waals surface area contributed by atoms with Gasteiger partial charge in [0, 0.05) is 23.2 Å². The first-order valence-electron chi connectivity index (χ1n) is 12.1. The van der Waals surface area contributed by atoms with Gasteiger partial charge >= 0.3 is 0 Å². The third kappa shape index (κ3) is 3.96. The maximum absolute atomic E-state index is 15.3. The highest BCUT2D eigenvalue weighted by atomic mass is 19.1. The second-order valence-corrected chi connectivity index (χ2v) is 9.49. The van der Waals surface area contributed by atoms with E-state index in [1.54, 1.807) is 24.3 Å². The molecule has 11 heteroatoms. The van der Waals surface area contributed by atoms with Gasteiger partial charge in [0.15, 0.2) is 11.5 Å². The van der Waals surface area contributed by atoms with Crippen LogP contribution in [-0.4, -0.2) is 49.5 Å². The maximum atomic E-state index is 15.3. The largest absolute Gasteiger partial charge is 0.364 e. The number of pyridine rings is 1. The topological polar surface area (TPSA) is 123 Å². The van der Waals surface area contributed by atoms with Crippen LogP contribution in [0.15, 0.2) is 60.8 Å². The summed E-state index contributed by atoms with van der Waals surface area (Å²) >= 11 is 0. The van der Waals surface area contributed by atoms with Crippen LogP contribution in [0.3, 0.4) is 0 Å². The molecule has 0 bridgehead atoms. The van der Waals surface area contributed by atoms with Crippen molar-refractivity contribution in [3.63, 3.8) is 0 Å². The predicted octanol–water partition coefficient (Wildman–Crippen LogP) is 3.10. The highest BCUT2D eigenvalue weighted by Crippen LogP contribution is 2.48. The lowest BCUT2D eigenvalue weighted by molar-refractivity contribution is -0.138. The van der Waals surface area contributed by atoms with Crippen LogP contribution < -0.4 is 11.1 Å². The molecule has 0 unspecified atom stereocenters. The number of anilines is 1. The molecule has 1 saturated carbocycles. The second-order valence-electron chi connectivity index (χ2n) is 9.49. The van der Waals surface area contributed by atoms with Gasteiger partial charge in [0.1, 0.15) is 24.1 Å². The molecule has 2 aromatic heterocycles. The lowest BCUT2D eigenvalue weighted by Crippen LogP contribution is -2.46. The predicted molar refractivity (Wildman–Crippen MR) is 134 cm³/mol. The number of hydrogen-bond donors (Lipinski definition) is 2. The van der Waals surface area contributed by atoms with Gasteiger partial charge in [-0.25, -0.2) is 8.78 Å². The summed E-state index contributed by atoms with van der Waals surface area (Å²) in [4.78, 5) is 44.0. The Balaban J connectivity index is 1.24. The van der Waals surface area contributed by atoms with Crippen LogP contribution in [0.5, 0.6) is 0 Å². The minimum absolute atomic E-state index is 0.0631. The summed E-state index contributed by atoms with van der Waals surface area (Å²) in [5.41, 5.74) is 5.72. The van der Waals surface area contributed by atoms with E-state index in [4.69, 9.17) is 5.73 Å². The first-order chi connectivity index (χ1) is 18.3. The zero-order chi connectivity index (χ0) is 26.6. The number of rotatable bonds is 6. The van der Waals surface area contributed by atoms with E-state index in [9.17, 15) is 18.8 Å². The number of nitrogens with zero attached hydrogens (tertiary/aromatic N) is 4. The number of carbonyl (C=O) groups excluding carboxylic acids is 3. The molecule has 2 aliphatic rings. The Morgan fingerprint density at radius 1 is 1.03 bits per heavy atom. The number of amides is 3. The molecular formula is C27H22F2N6O3. The number of para-hydroxylation sites is 1. The monoisotopic (exact) mass is 516 g/mol. The molecule has 3 amide bonds. The standard InChI is InChI=1S/C27H22F2N6O3/c28-17-7-4-10-31-24(17)16-6-3-8-18(23(16)29)32-27(38)21-12-14-11-20(14)35(21)22(36)13-34-19-9-2-1-5-15(19)25(33-34)26(30)37/h1-10,14,20-21H,11-13H2,(H2,30,37)(H,32,38)/t14-,20-,21+/m1/s1. The van der Waals surface area contributed by atoms with Crippen molar-refractivity contribution in [1.82, 2.24) is 19.7 Å². The molecule has 2 fully saturated rings. The Morgan fingerprint density at radius 2 is 1.84 bits per heavy atom. The number of nitrogens with two attached hydrogens (primary N) is 1. The van der Waals surface area contributed by atoms with E-state index >= 15 is 4.39 Å². The van der Waals surface area contributed by atoms with Crippen LogP contribution in [0.25, 0.3) is 22.2 Å². The van der Waals surface area contributed by atoms with Crippen LogP contribution in [0.1, 0.15) is 23.3 Å². The number of nitrogens with one attached hydrogen (secondary N) is 1. The number of carbonyl (C=O) groups is 3. The third-order valence-corrected chi connectivity index (χ3v) is 7.14. The van der Waals surface area contributed by atoms with Crippen molar-refractivity contribution in [3.8, 4) is 11.3 Å². The fourth-order valence-electron chi connectivity index (χ4n) is 5.30. The fourth-order valence-corrected chi connectivity index (χ4v) is 5.30. The Bertz CT molecular complexity index is 1620. The van der Waals surface area contributed by atoms with Crippen molar-refractivity contribution in [2.24, 2.45) is 11.7 Å². The first kappa shape index (κ1) is 23.7. The highest BCUT2D eigenvalue weighted by Gasteiger charge is 2.56. The summed E-state index contributed by atoms with van der Waals surface area (Å²) < 4.78 is 30.9. The summed E-state index contributed by atoms with van der Waals surface area (Å²) in [7, 11) is 0. The van der Waals surface area contributed by atoms with Crippen LogP contribution >= 0.6 is 0 Å². The number of likely N-dealkylation sites (tertiary alicyclic amines) is 1. The van der Waals surface area contributed by atoms with Gasteiger partial charge in [0.2, 0.25) is 11.8 Å². The average Bonchev–Trinajstić information content (AvgIpc) is 3.40. The lowest BCUT2D eigenvalue weighted by Gasteiger charge is -2.27. The average molecular weight is 517 g/mol. The van der Waals surface area contributed by atoms with E-state index in [1.807, 2.05) is 0 Å². The van der Waals surface area contributed by atoms with Crippen molar-refractivity contribution >= 4 is 34.3 Å². The zero-order valence-corrected chi connectivity index (χ0v) is 20.0. The minimum Gasteiger partial charge on any atom is -0.364 e. The van der Waals surface area contributed by atoms with E-state index in [-0.39, 0.29) is 47.1 Å². The SMILES string of the molecule is NC(=O)c1nn(CC(=O)N2[C@@H]3C[C@@H]3C[C@H]2C(=O)Nc2cccc(-c3ncccc3F)c2F)c2ccccc12. The summed E-state index contributed by atoms with van der Waals surface area (Å²) in [5.74, 6) is -2.91. The molecule has 3 N–H and O–H groups in total. The molecule has 9 nitrogen and oxygen atoms in total. The van der Waals surface area contributed by atoms with Gasteiger partial charge in [-0.1, -0.05) is 24.3 Å². The molecule has 0 radical (unpaired) electrons. The molecule has 38 heavy (non-hydrogen) atoms. The Kier molecular flexibility index (Phi) is 5.63. The van der Waals surface area contributed by atoms with Gasteiger partial charge in [-0.15, -0.1) is 0 Å². The van der Waals surface area contributed by atoms with Crippen LogP contribution in [0, 0.1) is 17.6 Å². The third-order valence-electron chi connectivity index (χ3n) is 7.14. The molecule has 6 rings (SSSR count). The molecule has 3 heterocycles. The molecule has 3 atom stereocenters. The summed E-state index contributed by atoms with van der Waals surface area (Å²) in [6, 6.07) is 12.9. The summed E-state index contributed by atoms with van der Waals surface area (Å²) in [6.07, 6.45) is 2.59. The van der Waals surface area contributed by atoms with Crippen molar-refractivity contribution in [1.29, 1.82) is 0 Å². The van der Waals surface area contributed by atoms with Crippen molar-refractivity contribution in [3.05, 3.63) is 78.1 Å². The van der Waals surface area contributed by atoms with E-state index < -0.39 is 29.5 Å². The molecule has 1 saturated heterocycles. The van der Waals surface area contributed by atoms with Crippen LogP contribution in [0.2, 0.25) is 0 Å². The van der Waals surface area contributed by atoms with Crippen molar-refractivity contribution < 1.29 is 23.2 Å².